The first kappa shape index (κ1) is 23.4. The van der Waals surface area contributed by atoms with E-state index in [1.165, 1.54) is 12.1 Å². The Kier molecular flexibility index (Phi) is 5.18. The van der Waals surface area contributed by atoms with Gasteiger partial charge in [0.05, 0.1) is 23.0 Å². The van der Waals surface area contributed by atoms with E-state index in [9.17, 15) is 23.4 Å². The van der Waals surface area contributed by atoms with E-state index in [0.717, 1.165) is 41.8 Å². The van der Waals surface area contributed by atoms with Crippen molar-refractivity contribution in [2.24, 2.45) is 5.41 Å². The van der Waals surface area contributed by atoms with Gasteiger partial charge in [-0.3, -0.25) is 4.98 Å². The van der Waals surface area contributed by atoms with Gasteiger partial charge in [-0.1, -0.05) is 26.0 Å². The molecule has 4 aliphatic rings. The number of hydrogen-bond donors (Lipinski definition) is 2. The third-order valence-electron chi connectivity index (χ3n) is 8.45. The van der Waals surface area contributed by atoms with Crippen molar-refractivity contribution in [1.82, 2.24) is 4.98 Å². The van der Waals surface area contributed by atoms with Crippen LogP contribution < -0.4 is 0 Å². The smallest absolute Gasteiger partial charge is 0.388 e. The minimum Gasteiger partial charge on any atom is -0.388 e. The van der Waals surface area contributed by atoms with Crippen LogP contribution in [0.25, 0.3) is 0 Å². The zero-order valence-electron chi connectivity index (χ0n) is 19.9. The summed E-state index contributed by atoms with van der Waals surface area (Å²) in [6.45, 7) is 5.00. The van der Waals surface area contributed by atoms with E-state index in [1.54, 1.807) is 0 Å². The number of pyridine rings is 1. The maximum Gasteiger partial charge on any atom is 0.416 e. The zero-order valence-corrected chi connectivity index (χ0v) is 19.9. The van der Waals surface area contributed by atoms with Crippen LogP contribution in [0, 0.1) is 5.41 Å². The normalized spacial score (nSPS) is 28.4. The summed E-state index contributed by atoms with van der Waals surface area (Å²) in [6.07, 6.45) is -3.20. The number of aliphatic hydroxyl groups excluding tert-OH is 2. The second-order valence-corrected chi connectivity index (χ2v) is 10.9. The number of rotatable bonds is 2. The van der Waals surface area contributed by atoms with Gasteiger partial charge in [-0.05, 0) is 48.4 Å². The van der Waals surface area contributed by atoms with E-state index in [0.29, 0.717) is 49.3 Å². The number of fused-ring (bicyclic) bond motifs is 4. The molecule has 6 rings (SSSR count). The summed E-state index contributed by atoms with van der Waals surface area (Å²) in [5, 5.41) is 22.7. The first-order valence-corrected chi connectivity index (χ1v) is 12.4. The van der Waals surface area contributed by atoms with Gasteiger partial charge in [0.25, 0.3) is 0 Å². The number of hydrogen-bond acceptors (Lipinski definition) is 5. The van der Waals surface area contributed by atoms with Crippen molar-refractivity contribution in [1.29, 1.82) is 0 Å². The van der Waals surface area contributed by atoms with Crippen LogP contribution in [0.2, 0.25) is 0 Å². The largest absolute Gasteiger partial charge is 0.416 e. The van der Waals surface area contributed by atoms with Gasteiger partial charge >= 0.3 is 6.18 Å². The van der Waals surface area contributed by atoms with Gasteiger partial charge in [0.2, 0.25) is 0 Å². The molecule has 3 heterocycles. The lowest BCUT2D eigenvalue weighted by Crippen LogP contribution is -2.37. The van der Waals surface area contributed by atoms with Crippen LogP contribution in [0.3, 0.4) is 0 Å². The Balaban J connectivity index is 1.58. The van der Waals surface area contributed by atoms with Crippen molar-refractivity contribution in [2.45, 2.75) is 82.0 Å². The molecule has 2 aliphatic carbocycles. The third kappa shape index (κ3) is 3.48. The van der Waals surface area contributed by atoms with Crippen LogP contribution in [-0.4, -0.2) is 28.4 Å². The van der Waals surface area contributed by atoms with Crippen LogP contribution >= 0.6 is 0 Å². The number of aromatic nitrogens is 1. The van der Waals surface area contributed by atoms with Crippen molar-refractivity contribution in [2.75, 3.05) is 13.2 Å². The number of ether oxygens (including phenoxy) is 2. The summed E-state index contributed by atoms with van der Waals surface area (Å²) in [7, 11) is 0. The predicted octanol–water partition coefficient (Wildman–Crippen LogP) is 5.60. The SMILES string of the molecule is CC(C)c1nc2c(c3c1C(c1ccc(C(F)(F)F)cc1)OC31CCOCC1)C(O)CC1(CC1)C2O. The second-order valence-electron chi connectivity index (χ2n) is 10.9. The Hall–Kier alpha value is -2.00. The van der Waals surface area contributed by atoms with E-state index in [2.05, 4.69) is 0 Å². The van der Waals surface area contributed by atoms with E-state index in [4.69, 9.17) is 14.5 Å². The Morgan fingerprint density at radius 1 is 1.00 bits per heavy atom. The number of halogens is 3. The van der Waals surface area contributed by atoms with Crippen molar-refractivity contribution in [3.63, 3.8) is 0 Å². The lowest BCUT2D eigenvalue weighted by Gasteiger charge is -2.40. The number of alkyl halides is 3. The number of nitrogens with zero attached hydrogens (tertiary/aromatic N) is 1. The molecule has 3 atom stereocenters. The summed E-state index contributed by atoms with van der Waals surface area (Å²) in [5.41, 5.74) is 2.55. The number of aliphatic hydroxyl groups is 2. The number of benzene rings is 1. The van der Waals surface area contributed by atoms with Gasteiger partial charge in [-0.25, -0.2) is 0 Å². The Morgan fingerprint density at radius 3 is 2.23 bits per heavy atom. The molecule has 2 spiro atoms. The summed E-state index contributed by atoms with van der Waals surface area (Å²) < 4.78 is 52.1. The predicted molar refractivity (Wildman–Crippen MR) is 121 cm³/mol. The molecule has 0 radical (unpaired) electrons. The highest BCUT2D eigenvalue weighted by Crippen LogP contribution is 2.65. The molecular formula is C27H30F3NO4. The van der Waals surface area contributed by atoms with Crippen molar-refractivity contribution >= 4 is 0 Å². The van der Waals surface area contributed by atoms with Gasteiger partial charge in [0.1, 0.15) is 12.2 Å². The fourth-order valence-electron chi connectivity index (χ4n) is 6.41. The lowest BCUT2D eigenvalue weighted by molar-refractivity contribution is -0.137. The monoisotopic (exact) mass is 489 g/mol. The average molecular weight is 490 g/mol. The quantitative estimate of drug-likeness (QED) is 0.575. The molecule has 1 aromatic heterocycles. The highest BCUT2D eigenvalue weighted by atomic mass is 19.4. The van der Waals surface area contributed by atoms with Crippen molar-refractivity contribution in [3.05, 3.63) is 63.5 Å². The zero-order chi connectivity index (χ0) is 24.8. The van der Waals surface area contributed by atoms with Crippen LogP contribution in [0.15, 0.2) is 24.3 Å². The molecule has 8 heteroatoms. The molecule has 5 nitrogen and oxygen atoms in total. The van der Waals surface area contributed by atoms with Crippen LogP contribution in [0.4, 0.5) is 13.2 Å². The molecule has 2 aliphatic heterocycles. The maximum atomic E-state index is 13.2. The van der Waals surface area contributed by atoms with Gasteiger partial charge in [-0.15, -0.1) is 0 Å². The summed E-state index contributed by atoms with van der Waals surface area (Å²) in [6, 6.07) is 5.13. The lowest BCUT2D eigenvalue weighted by atomic mass is 9.72. The molecule has 1 aromatic carbocycles. The molecule has 188 valence electrons. The summed E-state index contributed by atoms with van der Waals surface area (Å²) in [5.74, 6) is -0.00832. The molecule has 2 N–H and O–H groups in total. The molecule has 3 unspecified atom stereocenters. The second kappa shape index (κ2) is 7.75. The first-order valence-electron chi connectivity index (χ1n) is 12.4. The van der Waals surface area contributed by atoms with Gasteiger partial charge in [0.15, 0.2) is 0 Å². The Labute approximate surface area is 202 Å². The van der Waals surface area contributed by atoms with Crippen molar-refractivity contribution < 1.29 is 32.9 Å². The Morgan fingerprint density at radius 2 is 1.66 bits per heavy atom. The van der Waals surface area contributed by atoms with Gasteiger partial charge in [0, 0.05) is 48.3 Å². The summed E-state index contributed by atoms with van der Waals surface area (Å²) in [4.78, 5) is 4.96. The van der Waals surface area contributed by atoms with Crippen molar-refractivity contribution in [3.8, 4) is 0 Å². The summed E-state index contributed by atoms with van der Waals surface area (Å²) >= 11 is 0. The molecule has 0 amide bonds. The highest BCUT2D eigenvalue weighted by Gasteiger charge is 2.58. The molecule has 35 heavy (non-hydrogen) atoms. The average Bonchev–Trinajstić information content (AvgIpc) is 3.53. The fraction of sp³-hybridized carbons (Fsp3) is 0.593. The van der Waals surface area contributed by atoms with Crippen LogP contribution in [0.1, 0.15) is 109 Å². The van der Waals surface area contributed by atoms with Crippen LogP contribution in [-0.2, 0) is 21.3 Å². The first-order chi connectivity index (χ1) is 16.6. The van der Waals surface area contributed by atoms with Gasteiger partial charge in [-0.2, -0.15) is 13.2 Å². The molecular weight excluding hydrogens is 459 g/mol. The molecule has 1 saturated carbocycles. The topological polar surface area (TPSA) is 71.8 Å². The molecule has 2 aromatic rings. The third-order valence-corrected chi connectivity index (χ3v) is 8.45. The molecule has 2 fully saturated rings. The Bertz CT molecular complexity index is 1150. The van der Waals surface area contributed by atoms with E-state index in [-0.39, 0.29) is 11.3 Å². The van der Waals surface area contributed by atoms with E-state index >= 15 is 0 Å². The van der Waals surface area contributed by atoms with Crippen LogP contribution in [0.5, 0.6) is 0 Å². The van der Waals surface area contributed by atoms with E-state index < -0.39 is 35.7 Å². The molecule has 1 saturated heterocycles. The fourth-order valence-corrected chi connectivity index (χ4v) is 6.41. The minimum absolute atomic E-state index is 0.00832. The maximum absolute atomic E-state index is 13.2. The van der Waals surface area contributed by atoms with E-state index in [1.807, 2.05) is 13.8 Å². The highest BCUT2D eigenvalue weighted by molar-refractivity contribution is 5.55. The minimum atomic E-state index is -4.42. The standard InChI is InChI=1S/C27H30F3NO4/c1-14(2)21-19-20(18-17(32)13-25(7-8-25)24(33)22(18)31-21)26(9-11-34-12-10-26)35-23(19)15-3-5-16(6-4-15)27(28,29)30/h3-6,14,17,23-24,32-33H,7-13H2,1-2H3. The van der Waals surface area contributed by atoms with Gasteiger partial charge < -0.3 is 19.7 Å². The molecule has 0 bridgehead atoms.